The number of hydrogen-bond acceptors (Lipinski definition) is 6. The predicted molar refractivity (Wildman–Crippen MR) is 141 cm³/mol. The molecular formula is C25H34ClN3O6S. The van der Waals surface area contributed by atoms with E-state index in [2.05, 4.69) is 5.32 Å². The van der Waals surface area contributed by atoms with Crippen molar-refractivity contribution in [3.8, 4) is 11.5 Å². The van der Waals surface area contributed by atoms with E-state index >= 15 is 0 Å². The lowest BCUT2D eigenvalue weighted by Crippen LogP contribution is -2.51. The molecule has 1 atom stereocenters. The summed E-state index contributed by atoms with van der Waals surface area (Å²) in [6.45, 7) is 3.69. The van der Waals surface area contributed by atoms with E-state index in [-0.39, 0.29) is 23.9 Å². The highest BCUT2D eigenvalue weighted by molar-refractivity contribution is 7.92. The van der Waals surface area contributed by atoms with Gasteiger partial charge in [0, 0.05) is 24.2 Å². The minimum atomic E-state index is -3.89. The lowest BCUT2D eigenvalue weighted by molar-refractivity contribution is -0.139. The number of sulfonamides is 1. The first-order valence-electron chi connectivity index (χ1n) is 11.5. The van der Waals surface area contributed by atoms with Crippen molar-refractivity contribution in [3.63, 3.8) is 0 Å². The molecular weight excluding hydrogens is 506 g/mol. The maximum absolute atomic E-state index is 13.6. The summed E-state index contributed by atoms with van der Waals surface area (Å²) >= 11 is 5.99. The second-order valence-electron chi connectivity index (χ2n) is 8.28. The number of unbranched alkanes of at least 4 members (excludes halogenated alkanes) is 1. The molecule has 198 valence electrons. The van der Waals surface area contributed by atoms with Crippen LogP contribution in [0.4, 0.5) is 5.69 Å². The van der Waals surface area contributed by atoms with Crippen molar-refractivity contribution in [2.45, 2.75) is 39.3 Å². The Morgan fingerprint density at radius 2 is 1.75 bits per heavy atom. The number of carbonyl (C=O) groups excluding carboxylic acids is 2. The Kier molecular flexibility index (Phi) is 10.9. The Hall–Kier alpha value is -2.98. The summed E-state index contributed by atoms with van der Waals surface area (Å²) in [7, 11) is -1.01. The number of carbonyl (C=O) groups is 2. The van der Waals surface area contributed by atoms with Crippen molar-refractivity contribution >= 4 is 39.1 Å². The lowest BCUT2D eigenvalue weighted by atomic mass is 10.1. The van der Waals surface area contributed by atoms with Crippen LogP contribution in [0.15, 0.2) is 42.5 Å². The molecule has 0 bridgehead atoms. The molecule has 0 saturated heterocycles. The van der Waals surface area contributed by atoms with Gasteiger partial charge in [-0.05, 0) is 43.2 Å². The standard InChI is InChI=1S/C25H34ClN3O6S/c1-6-7-14-27-25(31)18(2)28(16-19-8-10-20(26)11-9-19)24(30)17-29(36(5,32)33)22-13-12-21(34-3)15-23(22)35-4/h8-13,15,18H,6-7,14,16-17H2,1-5H3,(H,27,31)/t18-/m1/s1. The molecule has 0 fully saturated rings. The Balaban J connectivity index is 2.41. The van der Waals surface area contributed by atoms with Crippen LogP contribution in [0.5, 0.6) is 11.5 Å². The first kappa shape index (κ1) is 29.3. The Morgan fingerprint density at radius 3 is 2.31 bits per heavy atom. The monoisotopic (exact) mass is 539 g/mol. The van der Waals surface area contributed by atoms with Gasteiger partial charge >= 0.3 is 0 Å². The number of halogens is 1. The summed E-state index contributed by atoms with van der Waals surface area (Å²) in [5.41, 5.74) is 0.925. The van der Waals surface area contributed by atoms with Gasteiger partial charge in [0.15, 0.2) is 0 Å². The van der Waals surface area contributed by atoms with Gasteiger partial charge in [0.05, 0.1) is 26.2 Å². The highest BCUT2D eigenvalue weighted by atomic mass is 35.5. The summed E-state index contributed by atoms with van der Waals surface area (Å²) < 4.78 is 37.0. The fourth-order valence-electron chi connectivity index (χ4n) is 3.49. The summed E-state index contributed by atoms with van der Waals surface area (Å²) in [5, 5.41) is 3.38. The van der Waals surface area contributed by atoms with E-state index < -0.39 is 28.5 Å². The molecule has 9 nitrogen and oxygen atoms in total. The van der Waals surface area contributed by atoms with E-state index in [1.807, 2.05) is 6.92 Å². The summed E-state index contributed by atoms with van der Waals surface area (Å²) in [5.74, 6) is -0.176. The van der Waals surface area contributed by atoms with Crippen LogP contribution in [-0.2, 0) is 26.2 Å². The minimum Gasteiger partial charge on any atom is -0.497 e. The summed E-state index contributed by atoms with van der Waals surface area (Å²) in [6.07, 6.45) is 2.73. The van der Waals surface area contributed by atoms with Crippen LogP contribution in [0.1, 0.15) is 32.3 Å². The fourth-order valence-corrected chi connectivity index (χ4v) is 4.47. The van der Waals surface area contributed by atoms with Crippen LogP contribution in [0.25, 0.3) is 0 Å². The molecule has 0 saturated carbocycles. The topological polar surface area (TPSA) is 105 Å². The Labute approximate surface area is 218 Å². The zero-order valence-electron chi connectivity index (χ0n) is 21.3. The van der Waals surface area contributed by atoms with E-state index in [9.17, 15) is 18.0 Å². The number of anilines is 1. The van der Waals surface area contributed by atoms with E-state index in [0.29, 0.717) is 17.3 Å². The largest absolute Gasteiger partial charge is 0.497 e. The summed E-state index contributed by atoms with van der Waals surface area (Å²) in [4.78, 5) is 27.8. The van der Waals surface area contributed by atoms with Crippen LogP contribution in [0.2, 0.25) is 5.02 Å². The SMILES string of the molecule is CCCCNC(=O)[C@@H](C)N(Cc1ccc(Cl)cc1)C(=O)CN(c1ccc(OC)cc1OC)S(C)(=O)=O. The number of ether oxygens (including phenoxy) is 2. The highest BCUT2D eigenvalue weighted by Gasteiger charge is 2.31. The molecule has 36 heavy (non-hydrogen) atoms. The van der Waals surface area contributed by atoms with Crippen LogP contribution in [0, 0.1) is 0 Å². The lowest BCUT2D eigenvalue weighted by Gasteiger charge is -2.32. The molecule has 11 heteroatoms. The third kappa shape index (κ3) is 8.03. The van der Waals surface area contributed by atoms with Gasteiger partial charge < -0.3 is 19.7 Å². The van der Waals surface area contributed by atoms with Crippen LogP contribution in [-0.4, -0.2) is 64.7 Å². The maximum Gasteiger partial charge on any atom is 0.244 e. The number of benzene rings is 2. The van der Waals surface area contributed by atoms with Crippen molar-refractivity contribution in [2.75, 3.05) is 37.9 Å². The van der Waals surface area contributed by atoms with Gasteiger partial charge in [-0.1, -0.05) is 37.1 Å². The molecule has 0 aliphatic carbocycles. The number of nitrogens with zero attached hydrogens (tertiary/aromatic N) is 2. The molecule has 0 heterocycles. The van der Waals surface area contributed by atoms with Crippen molar-refractivity contribution in [1.29, 1.82) is 0 Å². The first-order valence-corrected chi connectivity index (χ1v) is 13.8. The number of rotatable bonds is 13. The maximum atomic E-state index is 13.6. The molecule has 0 aromatic heterocycles. The Morgan fingerprint density at radius 1 is 1.08 bits per heavy atom. The third-order valence-electron chi connectivity index (χ3n) is 5.60. The molecule has 2 amide bonds. The third-order valence-corrected chi connectivity index (χ3v) is 6.98. The number of amides is 2. The molecule has 0 radical (unpaired) electrons. The molecule has 2 rings (SSSR count). The number of hydrogen-bond donors (Lipinski definition) is 1. The van der Waals surface area contributed by atoms with Gasteiger partial charge in [-0.3, -0.25) is 13.9 Å². The van der Waals surface area contributed by atoms with E-state index in [1.54, 1.807) is 37.3 Å². The molecule has 0 aliphatic rings. The Bertz CT molecular complexity index is 1140. The number of nitrogens with one attached hydrogen (secondary N) is 1. The first-order chi connectivity index (χ1) is 17.0. The molecule has 2 aromatic carbocycles. The average Bonchev–Trinajstić information content (AvgIpc) is 2.85. The fraction of sp³-hybridized carbons (Fsp3) is 0.440. The average molecular weight is 540 g/mol. The van der Waals surface area contributed by atoms with Gasteiger partial charge in [-0.15, -0.1) is 0 Å². The normalized spacial score (nSPS) is 11.9. The van der Waals surface area contributed by atoms with Gasteiger partial charge in [0.25, 0.3) is 0 Å². The van der Waals surface area contributed by atoms with Crippen molar-refractivity contribution in [2.24, 2.45) is 0 Å². The second-order valence-corrected chi connectivity index (χ2v) is 10.6. The minimum absolute atomic E-state index is 0.0930. The zero-order chi connectivity index (χ0) is 26.9. The van der Waals surface area contributed by atoms with E-state index in [4.69, 9.17) is 21.1 Å². The quantitative estimate of drug-likeness (QED) is 0.391. The van der Waals surface area contributed by atoms with Gasteiger partial charge in [0.2, 0.25) is 21.8 Å². The predicted octanol–water partition coefficient (Wildman–Crippen LogP) is 3.46. The van der Waals surface area contributed by atoms with Crippen LogP contribution < -0.4 is 19.1 Å². The van der Waals surface area contributed by atoms with E-state index in [1.165, 1.54) is 31.3 Å². The van der Waals surface area contributed by atoms with Crippen LogP contribution >= 0.6 is 11.6 Å². The van der Waals surface area contributed by atoms with Gasteiger partial charge in [0.1, 0.15) is 24.1 Å². The highest BCUT2D eigenvalue weighted by Crippen LogP contribution is 2.33. The van der Waals surface area contributed by atoms with Gasteiger partial charge in [-0.2, -0.15) is 0 Å². The van der Waals surface area contributed by atoms with Crippen molar-refractivity contribution in [3.05, 3.63) is 53.1 Å². The molecule has 0 aliphatic heterocycles. The molecule has 0 spiro atoms. The van der Waals surface area contributed by atoms with Gasteiger partial charge in [-0.25, -0.2) is 8.42 Å². The number of methoxy groups -OCH3 is 2. The zero-order valence-corrected chi connectivity index (χ0v) is 22.9. The van der Waals surface area contributed by atoms with E-state index in [0.717, 1.165) is 29.0 Å². The molecule has 2 aromatic rings. The summed E-state index contributed by atoms with van der Waals surface area (Å²) in [6, 6.07) is 10.7. The molecule has 0 unspecified atom stereocenters. The van der Waals surface area contributed by atoms with Crippen molar-refractivity contribution in [1.82, 2.24) is 10.2 Å². The smallest absolute Gasteiger partial charge is 0.244 e. The molecule has 1 N–H and O–H groups in total. The second kappa shape index (κ2) is 13.4. The van der Waals surface area contributed by atoms with Crippen LogP contribution in [0.3, 0.4) is 0 Å². The van der Waals surface area contributed by atoms with Crippen molar-refractivity contribution < 1.29 is 27.5 Å².